The van der Waals surface area contributed by atoms with Gasteiger partial charge in [0.05, 0.1) is 6.61 Å². The van der Waals surface area contributed by atoms with Gasteiger partial charge in [-0.25, -0.2) is 0 Å². The average molecular weight is 240 g/mol. The third-order valence-corrected chi connectivity index (χ3v) is 2.56. The Morgan fingerprint density at radius 1 is 0.944 bits per heavy atom. The molecule has 0 aromatic heterocycles. The Hall–Kier alpha value is -2.06. The fourth-order valence-corrected chi connectivity index (χ4v) is 1.66. The van der Waals surface area contributed by atoms with Gasteiger partial charge < -0.3 is 9.84 Å². The molecule has 2 aromatic rings. The molecular weight excluding hydrogens is 224 g/mol. The average Bonchev–Trinajstić information content (AvgIpc) is 2.45. The second kappa shape index (κ2) is 6.62. The van der Waals surface area contributed by atoms with Crippen LogP contribution in [-0.2, 0) is 6.61 Å². The van der Waals surface area contributed by atoms with Crippen molar-refractivity contribution in [2.24, 2.45) is 0 Å². The van der Waals surface area contributed by atoms with Crippen LogP contribution in [-0.4, -0.2) is 11.7 Å². The van der Waals surface area contributed by atoms with Crippen LogP contribution in [0.3, 0.4) is 0 Å². The summed E-state index contributed by atoms with van der Waals surface area (Å²) in [6.07, 6.45) is 3.56. The molecule has 0 unspecified atom stereocenters. The van der Waals surface area contributed by atoms with E-state index in [1.807, 2.05) is 60.7 Å². The minimum atomic E-state index is 0.0347. The molecule has 2 nitrogen and oxygen atoms in total. The summed E-state index contributed by atoms with van der Waals surface area (Å²) < 4.78 is 5.79. The van der Waals surface area contributed by atoms with Crippen molar-refractivity contribution in [3.63, 3.8) is 0 Å². The molecule has 0 aliphatic heterocycles. The zero-order valence-corrected chi connectivity index (χ0v) is 10.1. The quantitative estimate of drug-likeness (QED) is 0.869. The highest BCUT2D eigenvalue weighted by atomic mass is 16.5. The maximum atomic E-state index is 8.80. The van der Waals surface area contributed by atoms with E-state index in [4.69, 9.17) is 9.84 Å². The van der Waals surface area contributed by atoms with Crippen molar-refractivity contribution in [2.75, 3.05) is 6.61 Å². The van der Waals surface area contributed by atoms with Crippen LogP contribution in [0.2, 0.25) is 0 Å². The molecule has 0 amide bonds. The van der Waals surface area contributed by atoms with E-state index in [1.165, 1.54) is 0 Å². The van der Waals surface area contributed by atoms with Crippen molar-refractivity contribution >= 4 is 6.08 Å². The monoisotopic (exact) mass is 240 g/mol. The number of hydrogen-bond donors (Lipinski definition) is 1. The van der Waals surface area contributed by atoms with Crippen molar-refractivity contribution < 1.29 is 9.84 Å². The van der Waals surface area contributed by atoms with E-state index in [-0.39, 0.29) is 6.61 Å². The van der Waals surface area contributed by atoms with Crippen molar-refractivity contribution in [3.05, 3.63) is 71.8 Å². The minimum absolute atomic E-state index is 0.0347. The molecule has 0 bridgehead atoms. The summed E-state index contributed by atoms with van der Waals surface area (Å²) in [5.41, 5.74) is 2.11. The minimum Gasteiger partial charge on any atom is -0.488 e. The molecule has 0 fully saturated rings. The van der Waals surface area contributed by atoms with Gasteiger partial charge in [-0.1, -0.05) is 60.7 Å². The zero-order valence-electron chi connectivity index (χ0n) is 10.1. The van der Waals surface area contributed by atoms with Crippen LogP contribution in [0.15, 0.2) is 60.7 Å². The van der Waals surface area contributed by atoms with E-state index in [0.717, 1.165) is 16.9 Å². The highest BCUT2D eigenvalue weighted by molar-refractivity contribution is 5.57. The molecule has 0 aliphatic carbocycles. The molecule has 0 saturated carbocycles. The smallest absolute Gasteiger partial charge is 0.127 e. The van der Waals surface area contributed by atoms with E-state index in [1.54, 1.807) is 6.08 Å². The summed E-state index contributed by atoms with van der Waals surface area (Å²) in [4.78, 5) is 0. The first kappa shape index (κ1) is 12.4. The van der Waals surface area contributed by atoms with Gasteiger partial charge in [-0.2, -0.15) is 0 Å². The molecule has 0 heterocycles. The maximum absolute atomic E-state index is 8.80. The Morgan fingerprint density at radius 3 is 2.44 bits per heavy atom. The Balaban J connectivity index is 2.07. The fraction of sp³-hybridized carbons (Fsp3) is 0.125. The molecule has 0 radical (unpaired) electrons. The molecule has 2 rings (SSSR count). The van der Waals surface area contributed by atoms with E-state index in [9.17, 15) is 0 Å². The van der Waals surface area contributed by atoms with Crippen LogP contribution < -0.4 is 4.74 Å². The zero-order chi connectivity index (χ0) is 12.6. The van der Waals surface area contributed by atoms with Gasteiger partial charge in [0.25, 0.3) is 0 Å². The fourth-order valence-electron chi connectivity index (χ4n) is 1.66. The van der Waals surface area contributed by atoms with Gasteiger partial charge in [-0.15, -0.1) is 0 Å². The number of aliphatic hydroxyl groups excluding tert-OH is 1. The molecule has 0 aliphatic rings. The van der Waals surface area contributed by atoms with E-state index in [0.29, 0.717) is 6.61 Å². The largest absolute Gasteiger partial charge is 0.488 e. The third kappa shape index (κ3) is 3.47. The van der Waals surface area contributed by atoms with Crippen LogP contribution >= 0.6 is 0 Å². The number of rotatable bonds is 5. The van der Waals surface area contributed by atoms with Crippen LogP contribution in [0.4, 0.5) is 0 Å². The van der Waals surface area contributed by atoms with Crippen LogP contribution in [0.25, 0.3) is 6.08 Å². The van der Waals surface area contributed by atoms with Gasteiger partial charge >= 0.3 is 0 Å². The summed E-state index contributed by atoms with van der Waals surface area (Å²) in [6.45, 7) is 0.581. The summed E-state index contributed by atoms with van der Waals surface area (Å²) in [5.74, 6) is 0.825. The lowest BCUT2D eigenvalue weighted by molar-refractivity contribution is 0.305. The lowest BCUT2D eigenvalue weighted by atomic mass is 10.2. The number of ether oxygens (including phenoxy) is 1. The van der Waals surface area contributed by atoms with E-state index in [2.05, 4.69) is 0 Å². The van der Waals surface area contributed by atoms with Gasteiger partial charge in [0.2, 0.25) is 0 Å². The van der Waals surface area contributed by atoms with Crippen LogP contribution in [0.1, 0.15) is 11.1 Å². The molecular formula is C16H16O2. The first-order chi connectivity index (χ1) is 8.90. The molecule has 2 aromatic carbocycles. The van der Waals surface area contributed by atoms with E-state index >= 15 is 0 Å². The van der Waals surface area contributed by atoms with E-state index < -0.39 is 0 Å². The normalized spacial score (nSPS) is 10.7. The number of hydrogen-bond acceptors (Lipinski definition) is 2. The summed E-state index contributed by atoms with van der Waals surface area (Å²) >= 11 is 0. The van der Waals surface area contributed by atoms with Crippen molar-refractivity contribution in [3.8, 4) is 5.75 Å². The number of benzene rings is 2. The first-order valence-corrected chi connectivity index (χ1v) is 5.93. The Bertz CT molecular complexity index is 504. The van der Waals surface area contributed by atoms with Gasteiger partial charge in [-0.3, -0.25) is 0 Å². The van der Waals surface area contributed by atoms with Crippen LogP contribution in [0.5, 0.6) is 5.75 Å². The Kier molecular flexibility index (Phi) is 4.56. The Morgan fingerprint density at radius 2 is 1.67 bits per heavy atom. The molecule has 2 heteroatoms. The SMILES string of the molecule is OCC=Cc1ccccc1OCc1ccccc1. The summed E-state index contributed by atoms with van der Waals surface area (Å²) in [6, 6.07) is 17.8. The molecule has 1 N–H and O–H groups in total. The maximum Gasteiger partial charge on any atom is 0.127 e. The molecule has 0 atom stereocenters. The van der Waals surface area contributed by atoms with Crippen LogP contribution in [0, 0.1) is 0 Å². The predicted octanol–water partition coefficient (Wildman–Crippen LogP) is 3.27. The lowest BCUT2D eigenvalue weighted by Gasteiger charge is -2.09. The topological polar surface area (TPSA) is 29.5 Å². The molecule has 0 spiro atoms. The first-order valence-electron chi connectivity index (χ1n) is 5.93. The highest BCUT2D eigenvalue weighted by Crippen LogP contribution is 2.20. The molecule has 92 valence electrons. The van der Waals surface area contributed by atoms with Gasteiger partial charge in [0, 0.05) is 5.56 Å². The third-order valence-electron chi connectivity index (χ3n) is 2.56. The summed E-state index contributed by atoms with van der Waals surface area (Å²) in [7, 11) is 0. The number of para-hydroxylation sites is 1. The second-order valence-electron chi connectivity index (χ2n) is 3.90. The van der Waals surface area contributed by atoms with Gasteiger partial charge in [0.1, 0.15) is 12.4 Å². The molecule has 0 saturated heterocycles. The summed E-state index contributed by atoms with van der Waals surface area (Å²) in [5, 5.41) is 8.80. The van der Waals surface area contributed by atoms with Crippen molar-refractivity contribution in [2.45, 2.75) is 6.61 Å². The standard InChI is InChI=1S/C16H16O2/c17-12-6-10-15-9-4-5-11-16(15)18-13-14-7-2-1-3-8-14/h1-11,17H,12-13H2. The van der Waals surface area contributed by atoms with Gasteiger partial charge in [0.15, 0.2) is 0 Å². The number of aliphatic hydroxyl groups is 1. The van der Waals surface area contributed by atoms with Crippen molar-refractivity contribution in [1.82, 2.24) is 0 Å². The van der Waals surface area contributed by atoms with Gasteiger partial charge in [-0.05, 0) is 11.6 Å². The van der Waals surface area contributed by atoms with Crippen molar-refractivity contribution in [1.29, 1.82) is 0 Å². The molecule has 18 heavy (non-hydrogen) atoms. The Labute approximate surface area is 107 Å². The lowest BCUT2D eigenvalue weighted by Crippen LogP contribution is -1.96. The second-order valence-corrected chi connectivity index (χ2v) is 3.90. The predicted molar refractivity (Wildman–Crippen MR) is 73.3 cm³/mol. The highest BCUT2D eigenvalue weighted by Gasteiger charge is 1.99.